The molecule has 16 heavy (non-hydrogen) atoms. The van der Waals surface area contributed by atoms with Crippen LogP contribution in [0.2, 0.25) is 0 Å². The Balaban J connectivity index is 2.92. The number of hydrogen-bond donors (Lipinski definition) is 1. The lowest BCUT2D eigenvalue weighted by atomic mass is 9.86. The Morgan fingerprint density at radius 1 is 1.25 bits per heavy atom. The van der Waals surface area contributed by atoms with Gasteiger partial charge in [0.05, 0.1) is 4.70 Å². The highest BCUT2D eigenvalue weighted by molar-refractivity contribution is 7.22. The average Bonchev–Trinajstić information content (AvgIpc) is 2.43. The van der Waals surface area contributed by atoms with E-state index in [4.69, 9.17) is 5.73 Å². The Morgan fingerprint density at radius 2 is 1.88 bits per heavy atom. The molecule has 0 radical (unpaired) electrons. The van der Waals surface area contributed by atoms with Gasteiger partial charge < -0.3 is 5.73 Å². The summed E-state index contributed by atoms with van der Waals surface area (Å²) in [6.07, 6.45) is 0. The van der Waals surface area contributed by atoms with Gasteiger partial charge in [0.1, 0.15) is 11.3 Å². The highest BCUT2D eigenvalue weighted by Crippen LogP contribution is 2.37. The quantitative estimate of drug-likeness (QED) is 0.768. The van der Waals surface area contributed by atoms with Crippen molar-refractivity contribution in [3.05, 3.63) is 23.3 Å². The second-order valence-electron chi connectivity index (χ2n) is 4.70. The topological polar surface area (TPSA) is 38.9 Å². The Labute approximate surface area is 96.1 Å². The molecule has 2 aromatic rings. The van der Waals surface area contributed by atoms with Gasteiger partial charge in [0.25, 0.3) is 0 Å². The smallest absolute Gasteiger partial charge is 0.181 e. The molecule has 0 aliphatic heterocycles. The lowest BCUT2D eigenvalue weighted by molar-refractivity contribution is 0.520. The van der Waals surface area contributed by atoms with E-state index in [1.54, 1.807) is 0 Å². The van der Waals surface area contributed by atoms with E-state index in [0.29, 0.717) is 10.3 Å². The van der Waals surface area contributed by atoms with E-state index >= 15 is 0 Å². The van der Waals surface area contributed by atoms with Crippen molar-refractivity contribution in [1.82, 2.24) is 4.98 Å². The molecule has 2 nitrogen and oxygen atoms in total. The molecule has 0 fully saturated rings. The third-order valence-electron chi connectivity index (χ3n) is 2.34. The minimum absolute atomic E-state index is 0.161. The molecule has 5 heteroatoms. The minimum Gasteiger partial charge on any atom is -0.375 e. The zero-order valence-electron chi connectivity index (χ0n) is 9.27. The summed E-state index contributed by atoms with van der Waals surface area (Å²) in [6, 6.07) is 0.877. The van der Waals surface area contributed by atoms with Gasteiger partial charge in [0.15, 0.2) is 10.9 Å². The molecular formula is C11H12F2N2S. The van der Waals surface area contributed by atoms with Crippen molar-refractivity contribution in [2.24, 2.45) is 0 Å². The SMILES string of the molecule is CC(C)(C)c1c(F)cc(F)c2nc(N)sc12. The van der Waals surface area contributed by atoms with E-state index in [9.17, 15) is 8.78 Å². The maximum Gasteiger partial charge on any atom is 0.181 e. The first-order valence-corrected chi connectivity index (χ1v) is 5.67. The summed E-state index contributed by atoms with van der Waals surface area (Å²) in [6.45, 7) is 5.62. The fourth-order valence-electron chi connectivity index (χ4n) is 1.73. The number of nitrogens with two attached hydrogens (primary N) is 1. The number of thiazole rings is 1. The van der Waals surface area contributed by atoms with Gasteiger partial charge in [-0.15, -0.1) is 0 Å². The Bertz CT molecular complexity index is 555. The molecule has 2 rings (SSSR count). The summed E-state index contributed by atoms with van der Waals surface area (Å²) in [5.74, 6) is -1.20. The number of nitrogen functional groups attached to an aromatic ring is 1. The van der Waals surface area contributed by atoms with E-state index in [2.05, 4.69) is 4.98 Å². The standard InChI is InChI=1S/C11H12F2N2S/c1-11(2,3)7-5(12)4-6(13)8-9(7)16-10(14)15-8/h4H,1-3H3,(H2,14,15). The van der Waals surface area contributed by atoms with Crippen LogP contribution >= 0.6 is 11.3 Å². The van der Waals surface area contributed by atoms with E-state index in [1.165, 1.54) is 0 Å². The first-order valence-electron chi connectivity index (χ1n) is 4.85. The maximum absolute atomic E-state index is 13.8. The number of benzene rings is 1. The molecule has 0 aliphatic rings. The van der Waals surface area contributed by atoms with Crippen molar-refractivity contribution in [1.29, 1.82) is 0 Å². The van der Waals surface area contributed by atoms with Crippen LogP contribution in [0.1, 0.15) is 26.3 Å². The fraction of sp³-hybridized carbons (Fsp3) is 0.364. The van der Waals surface area contributed by atoms with Gasteiger partial charge >= 0.3 is 0 Å². The summed E-state index contributed by atoms with van der Waals surface area (Å²) in [7, 11) is 0. The van der Waals surface area contributed by atoms with Crippen molar-refractivity contribution in [3.8, 4) is 0 Å². The predicted octanol–water partition coefficient (Wildman–Crippen LogP) is 3.45. The molecule has 0 spiro atoms. The first-order chi connectivity index (χ1) is 7.30. The summed E-state index contributed by atoms with van der Waals surface area (Å²) in [5.41, 5.74) is 5.76. The van der Waals surface area contributed by atoms with Gasteiger partial charge in [-0.1, -0.05) is 32.1 Å². The normalized spacial score (nSPS) is 12.3. The molecule has 0 atom stereocenters. The summed E-state index contributed by atoms with van der Waals surface area (Å²) >= 11 is 1.12. The van der Waals surface area contributed by atoms with Crippen LogP contribution in [0.25, 0.3) is 10.2 Å². The van der Waals surface area contributed by atoms with Gasteiger partial charge in [-0.05, 0) is 5.41 Å². The van der Waals surface area contributed by atoms with E-state index < -0.39 is 17.0 Å². The number of fused-ring (bicyclic) bond motifs is 1. The third kappa shape index (κ3) is 1.65. The first kappa shape index (κ1) is 11.3. The molecule has 0 unspecified atom stereocenters. The molecule has 1 aromatic heterocycles. The van der Waals surface area contributed by atoms with Gasteiger partial charge in [0.2, 0.25) is 0 Å². The van der Waals surface area contributed by atoms with Crippen LogP contribution in [0.4, 0.5) is 13.9 Å². The molecule has 86 valence electrons. The van der Waals surface area contributed by atoms with Crippen molar-refractivity contribution in [2.45, 2.75) is 26.2 Å². The molecule has 0 bridgehead atoms. The average molecular weight is 242 g/mol. The van der Waals surface area contributed by atoms with Crippen LogP contribution < -0.4 is 5.73 Å². The molecule has 0 saturated heterocycles. The highest BCUT2D eigenvalue weighted by atomic mass is 32.1. The van der Waals surface area contributed by atoms with Crippen LogP contribution in [0.3, 0.4) is 0 Å². The number of aromatic nitrogens is 1. The van der Waals surface area contributed by atoms with Gasteiger partial charge in [-0.25, -0.2) is 13.8 Å². The zero-order chi connectivity index (χ0) is 12.1. The lowest BCUT2D eigenvalue weighted by Crippen LogP contribution is -2.14. The number of anilines is 1. The summed E-state index contributed by atoms with van der Waals surface area (Å²) < 4.78 is 27.8. The van der Waals surface area contributed by atoms with Crippen molar-refractivity contribution < 1.29 is 8.78 Å². The number of nitrogens with zero attached hydrogens (tertiary/aromatic N) is 1. The second-order valence-corrected chi connectivity index (χ2v) is 5.73. The minimum atomic E-state index is -0.659. The molecule has 0 amide bonds. The van der Waals surface area contributed by atoms with Crippen LogP contribution in [-0.2, 0) is 5.41 Å². The Kier molecular flexibility index (Phi) is 2.38. The molecule has 1 aromatic carbocycles. The summed E-state index contributed by atoms with van der Waals surface area (Å²) in [4.78, 5) is 3.88. The van der Waals surface area contributed by atoms with Crippen LogP contribution in [-0.4, -0.2) is 4.98 Å². The maximum atomic E-state index is 13.8. The van der Waals surface area contributed by atoms with Crippen LogP contribution in [0.15, 0.2) is 6.07 Å². The second kappa shape index (κ2) is 3.38. The Hall–Kier alpha value is -1.23. The predicted molar refractivity (Wildman–Crippen MR) is 62.6 cm³/mol. The van der Waals surface area contributed by atoms with Crippen LogP contribution in [0.5, 0.6) is 0 Å². The molecule has 0 saturated carbocycles. The van der Waals surface area contributed by atoms with Crippen molar-refractivity contribution in [2.75, 3.05) is 5.73 Å². The molecular weight excluding hydrogens is 230 g/mol. The molecule has 0 aliphatic carbocycles. The van der Waals surface area contributed by atoms with E-state index in [0.717, 1.165) is 17.4 Å². The van der Waals surface area contributed by atoms with Crippen LogP contribution in [0, 0.1) is 11.6 Å². The monoisotopic (exact) mass is 242 g/mol. The largest absolute Gasteiger partial charge is 0.375 e. The van der Waals surface area contributed by atoms with Gasteiger partial charge in [-0.2, -0.15) is 0 Å². The molecule has 1 heterocycles. The highest BCUT2D eigenvalue weighted by Gasteiger charge is 2.25. The van der Waals surface area contributed by atoms with Crippen molar-refractivity contribution >= 4 is 26.7 Å². The fourth-order valence-corrected chi connectivity index (χ4v) is 2.82. The van der Waals surface area contributed by atoms with E-state index in [-0.39, 0.29) is 10.6 Å². The van der Waals surface area contributed by atoms with E-state index in [1.807, 2.05) is 20.8 Å². The van der Waals surface area contributed by atoms with Gasteiger partial charge in [0, 0.05) is 11.6 Å². The third-order valence-corrected chi connectivity index (χ3v) is 3.24. The Morgan fingerprint density at radius 3 is 2.44 bits per heavy atom. The van der Waals surface area contributed by atoms with Crippen molar-refractivity contribution in [3.63, 3.8) is 0 Å². The van der Waals surface area contributed by atoms with Gasteiger partial charge in [-0.3, -0.25) is 0 Å². The number of halogens is 2. The number of hydrogen-bond acceptors (Lipinski definition) is 3. The number of rotatable bonds is 0. The zero-order valence-corrected chi connectivity index (χ0v) is 10.1. The summed E-state index contributed by atoms with van der Waals surface area (Å²) in [5, 5.41) is 0.255. The molecule has 2 N–H and O–H groups in total. The lowest BCUT2D eigenvalue weighted by Gasteiger charge is -2.20.